The maximum atomic E-state index is 11.5. The quantitative estimate of drug-likeness (QED) is 0.911. The van der Waals surface area contributed by atoms with Crippen molar-refractivity contribution in [2.45, 2.75) is 45.3 Å². The van der Waals surface area contributed by atoms with Gasteiger partial charge in [-0.25, -0.2) is 4.79 Å². The fourth-order valence-corrected chi connectivity index (χ4v) is 3.09. The molecule has 0 radical (unpaired) electrons. The molecule has 1 atom stereocenters. The lowest BCUT2D eigenvalue weighted by Gasteiger charge is -2.22. The number of rotatable bonds is 3. The summed E-state index contributed by atoms with van der Waals surface area (Å²) in [4.78, 5) is 11.5. The molecule has 0 saturated heterocycles. The molecule has 1 aliphatic rings. The van der Waals surface area contributed by atoms with Gasteiger partial charge in [0.1, 0.15) is 5.01 Å². The topological polar surface area (TPSA) is 64.1 Å². The summed E-state index contributed by atoms with van der Waals surface area (Å²) in [5.41, 5.74) is 1.21. The monoisotopic (exact) mass is 345 g/mol. The Bertz CT molecular complexity index is 487. The molecule has 1 N–H and O–H groups in total. The molecule has 0 fully saturated rings. The van der Waals surface area contributed by atoms with Gasteiger partial charge in [0.05, 0.1) is 6.10 Å². The molecular formula is C12H16BrN3O2S. The van der Waals surface area contributed by atoms with Crippen LogP contribution in [0.3, 0.4) is 0 Å². The molecule has 0 bridgehead atoms. The predicted octanol–water partition coefficient (Wildman–Crippen LogP) is 3.37. The van der Waals surface area contributed by atoms with Crippen molar-refractivity contribution in [3.63, 3.8) is 0 Å². The van der Waals surface area contributed by atoms with E-state index in [1.807, 2.05) is 13.8 Å². The first-order chi connectivity index (χ1) is 9.04. The maximum Gasteiger partial charge on any atom is 0.407 e. The van der Waals surface area contributed by atoms with Crippen LogP contribution in [0.5, 0.6) is 0 Å². The summed E-state index contributed by atoms with van der Waals surface area (Å²) in [6.45, 7) is 3.68. The molecule has 7 heteroatoms. The van der Waals surface area contributed by atoms with Crippen LogP contribution < -0.4 is 5.32 Å². The third-order valence-electron chi connectivity index (χ3n) is 2.75. The second-order valence-corrected chi connectivity index (χ2v) is 6.91. The highest BCUT2D eigenvalue weighted by Crippen LogP contribution is 2.30. The van der Waals surface area contributed by atoms with Crippen LogP contribution in [0.15, 0.2) is 9.99 Å². The highest BCUT2D eigenvalue weighted by molar-refractivity contribution is 9.11. The average Bonchev–Trinajstić information content (AvgIpc) is 2.75. The van der Waals surface area contributed by atoms with Crippen molar-refractivity contribution in [1.82, 2.24) is 15.5 Å². The van der Waals surface area contributed by atoms with Gasteiger partial charge in [-0.3, -0.25) is 0 Å². The van der Waals surface area contributed by atoms with Crippen molar-refractivity contribution in [2.24, 2.45) is 0 Å². The van der Waals surface area contributed by atoms with Crippen LogP contribution in [0.4, 0.5) is 4.79 Å². The molecule has 1 aromatic rings. The Labute approximate surface area is 124 Å². The smallest absolute Gasteiger partial charge is 0.407 e. The summed E-state index contributed by atoms with van der Waals surface area (Å²) in [6, 6.07) is 0.145. The third kappa shape index (κ3) is 4.28. The van der Waals surface area contributed by atoms with E-state index in [4.69, 9.17) is 4.74 Å². The van der Waals surface area contributed by atoms with E-state index in [-0.39, 0.29) is 18.2 Å². The number of hydrogen-bond acceptors (Lipinski definition) is 5. The van der Waals surface area contributed by atoms with Gasteiger partial charge in [-0.15, -0.1) is 10.2 Å². The Hall–Kier alpha value is -0.950. The van der Waals surface area contributed by atoms with Crippen molar-refractivity contribution in [3.8, 4) is 0 Å². The number of nitrogens with one attached hydrogen (secondary N) is 1. The minimum absolute atomic E-state index is 0.0894. The van der Waals surface area contributed by atoms with Crippen LogP contribution in [0.2, 0.25) is 0 Å². The fraction of sp³-hybridized carbons (Fsp3) is 0.583. The first kappa shape index (κ1) is 14.5. The molecule has 0 spiro atoms. The summed E-state index contributed by atoms with van der Waals surface area (Å²) in [5.74, 6) is 0. The number of carbonyl (C=O) groups is 1. The van der Waals surface area contributed by atoms with Gasteiger partial charge in [-0.1, -0.05) is 17.4 Å². The number of hydrogen-bond donors (Lipinski definition) is 1. The molecule has 0 aliphatic heterocycles. The molecule has 0 saturated carbocycles. The zero-order chi connectivity index (χ0) is 13.8. The van der Waals surface area contributed by atoms with E-state index in [0.29, 0.717) is 0 Å². The van der Waals surface area contributed by atoms with Gasteiger partial charge in [-0.2, -0.15) is 0 Å². The Kier molecular flexibility index (Phi) is 4.93. The molecule has 104 valence electrons. The van der Waals surface area contributed by atoms with Crippen LogP contribution in [0.25, 0.3) is 5.57 Å². The van der Waals surface area contributed by atoms with Crippen LogP contribution in [0, 0.1) is 0 Å². The number of ether oxygens (including phenoxy) is 1. The highest BCUT2D eigenvalue weighted by Gasteiger charge is 2.20. The van der Waals surface area contributed by atoms with Crippen molar-refractivity contribution in [3.05, 3.63) is 15.0 Å². The van der Waals surface area contributed by atoms with E-state index in [1.54, 1.807) is 0 Å². The summed E-state index contributed by atoms with van der Waals surface area (Å²) in [5, 5.41) is 11.9. The summed E-state index contributed by atoms with van der Waals surface area (Å²) in [6.07, 6.45) is 4.30. The molecule has 1 aliphatic carbocycles. The second kappa shape index (κ2) is 6.47. The van der Waals surface area contributed by atoms with Crippen molar-refractivity contribution < 1.29 is 9.53 Å². The lowest BCUT2D eigenvalue weighted by atomic mass is 9.96. The molecule has 1 unspecified atom stereocenters. The lowest BCUT2D eigenvalue weighted by molar-refractivity contribution is 0.111. The van der Waals surface area contributed by atoms with Crippen LogP contribution in [-0.4, -0.2) is 28.4 Å². The molecule has 1 aromatic heterocycles. The SMILES string of the molecule is CC(C)OC(=O)NC1CC=C(c2nnc(Br)s2)CC1. The number of halogens is 1. The summed E-state index contributed by atoms with van der Waals surface area (Å²) < 4.78 is 5.87. The minimum atomic E-state index is -0.337. The Morgan fingerprint density at radius 3 is 2.89 bits per heavy atom. The second-order valence-electron chi connectivity index (χ2n) is 4.66. The van der Waals surface area contributed by atoms with E-state index in [9.17, 15) is 4.79 Å². The van der Waals surface area contributed by atoms with Gasteiger partial charge in [0.15, 0.2) is 3.92 Å². The van der Waals surface area contributed by atoms with E-state index in [2.05, 4.69) is 37.5 Å². The first-order valence-corrected chi connectivity index (χ1v) is 7.81. The zero-order valence-corrected chi connectivity index (χ0v) is 13.3. The lowest BCUT2D eigenvalue weighted by Crippen LogP contribution is -2.37. The van der Waals surface area contributed by atoms with E-state index in [0.717, 1.165) is 28.2 Å². The summed E-state index contributed by atoms with van der Waals surface area (Å²) >= 11 is 4.84. The molecular weight excluding hydrogens is 330 g/mol. The number of alkyl carbamates (subject to hydrolysis) is 1. The largest absolute Gasteiger partial charge is 0.447 e. The van der Waals surface area contributed by atoms with Gasteiger partial charge in [0, 0.05) is 6.04 Å². The zero-order valence-electron chi connectivity index (χ0n) is 10.9. The van der Waals surface area contributed by atoms with Gasteiger partial charge in [0.25, 0.3) is 0 Å². The van der Waals surface area contributed by atoms with Crippen LogP contribution >= 0.6 is 27.3 Å². The van der Waals surface area contributed by atoms with Crippen molar-refractivity contribution in [1.29, 1.82) is 0 Å². The fourth-order valence-electron chi connectivity index (χ4n) is 1.91. The number of allylic oxidation sites excluding steroid dienone is 1. The standard InChI is InChI=1S/C12H16BrN3O2S/c1-7(2)18-12(17)14-9-5-3-8(4-6-9)10-15-16-11(13)19-10/h3,7,9H,4-6H2,1-2H3,(H,14,17). The predicted molar refractivity (Wildman–Crippen MR) is 78.0 cm³/mol. The number of nitrogens with zero attached hydrogens (tertiary/aromatic N) is 2. The maximum absolute atomic E-state index is 11.5. The van der Waals surface area contributed by atoms with Gasteiger partial charge >= 0.3 is 6.09 Å². The first-order valence-electron chi connectivity index (χ1n) is 6.20. The average molecular weight is 346 g/mol. The van der Waals surface area contributed by atoms with E-state index in [1.165, 1.54) is 16.9 Å². The van der Waals surface area contributed by atoms with Crippen LogP contribution in [-0.2, 0) is 4.74 Å². The Morgan fingerprint density at radius 1 is 1.58 bits per heavy atom. The molecule has 1 heterocycles. The van der Waals surface area contributed by atoms with Gasteiger partial charge in [0.2, 0.25) is 0 Å². The van der Waals surface area contributed by atoms with Gasteiger partial charge in [-0.05, 0) is 54.6 Å². The minimum Gasteiger partial charge on any atom is -0.447 e. The van der Waals surface area contributed by atoms with Crippen molar-refractivity contribution in [2.75, 3.05) is 0 Å². The Balaban J connectivity index is 1.87. The molecule has 5 nitrogen and oxygen atoms in total. The molecule has 2 rings (SSSR count). The van der Waals surface area contributed by atoms with Gasteiger partial charge < -0.3 is 10.1 Å². The third-order valence-corrected chi connectivity index (χ3v) is 4.18. The molecule has 19 heavy (non-hydrogen) atoms. The highest BCUT2D eigenvalue weighted by atomic mass is 79.9. The normalized spacial score (nSPS) is 19.2. The van der Waals surface area contributed by atoms with Crippen molar-refractivity contribution >= 4 is 38.9 Å². The number of carbonyl (C=O) groups excluding carboxylic acids is 1. The molecule has 1 amide bonds. The van der Waals surface area contributed by atoms with E-state index >= 15 is 0 Å². The number of aromatic nitrogens is 2. The summed E-state index contributed by atoms with van der Waals surface area (Å²) in [7, 11) is 0. The van der Waals surface area contributed by atoms with Crippen LogP contribution in [0.1, 0.15) is 38.1 Å². The molecule has 0 aromatic carbocycles. The number of amides is 1. The van der Waals surface area contributed by atoms with E-state index < -0.39 is 0 Å². The Morgan fingerprint density at radius 2 is 2.37 bits per heavy atom.